The lowest BCUT2D eigenvalue weighted by atomic mass is 9.99. The van der Waals surface area contributed by atoms with Gasteiger partial charge in [0.15, 0.2) is 0 Å². The number of hydrogen-bond donors (Lipinski definition) is 1. The first-order chi connectivity index (χ1) is 9.67. The number of aromatic hydroxyl groups is 1. The van der Waals surface area contributed by atoms with Crippen molar-refractivity contribution in [3.63, 3.8) is 0 Å². The fourth-order valence-electron chi connectivity index (χ4n) is 2.22. The Morgan fingerprint density at radius 1 is 0.900 bits per heavy atom. The van der Waals surface area contributed by atoms with Crippen LogP contribution in [0.25, 0.3) is 21.9 Å². The minimum absolute atomic E-state index is 0.172. The first kappa shape index (κ1) is 12.4. The molecule has 0 saturated heterocycles. The summed E-state index contributed by atoms with van der Waals surface area (Å²) >= 11 is 0. The molecule has 0 radical (unpaired) electrons. The van der Waals surface area contributed by atoms with Crippen LogP contribution in [0.3, 0.4) is 0 Å². The number of carbonyl (C=O) groups excluding carboxylic acids is 1. The summed E-state index contributed by atoms with van der Waals surface area (Å²) in [5.41, 5.74) is 2.01. The van der Waals surface area contributed by atoms with E-state index >= 15 is 0 Å². The van der Waals surface area contributed by atoms with Crippen molar-refractivity contribution < 1.29 is 14.3 Å². The molecule has 0 bridgehead atoms. The topological polar surface area (TPSA) is 37.3 Å². The molecule has 3 aromatic rings. The van der Waals surface area contributed by atoms with E-state index in [1.807, 2.05) is 6.07 Å². The largest absolute Gasteiger partial charge is 0.508 e. The van der Waals surface area contributed by atoms with E-state index in [2.05, 4.69) is 0 Å². The smallest absolute Gasteiger partial charge is 0.150 e. The zero-order valence-electron chi connectivity index (χ0n) is 10.5. The third kappa shape index (κ3) is 2.14. The third-order valence-electron chi connectivity index (χ3n) is 3.26. The average Bonchev–Trinajstić information content (AvgIpc) is 2.47. The van der Waals surface area contributed by atoms with Gasteiger partial charge in [0.2, 0.25) is 0 Å². The Bertz CT molecular complexity index is 792. The van der Waals surface area contributed by atoms with Gasteiger partial charge >= 0.3 is 0 Å². The highest BCUT2D eigenvalue weighted by molar-refractivity contribution is 5.92. The van der Waals surface area contributed by atoms with Crippen molar-refractivity contribution in [3.05, 3.63) is 66.0 Å². The van der Waals surface area contributed by atoms with Crippen molar-refractivity contribution in [2.75, 3.05) is 0 Å². The molecule has 0 saturated carbocycles. The molecule has 0 heterocycles. The maximum absolute atomic E-state index is 14.2. The van der Waals surface area contributed by atoms with Gasteiger partial charge in [-0.05, 0) is 46.8 Å². The van der Waals surface area contributed by atoms with E-state index in [9.17, 15) is 14.3 Å². The van der Waals surface area contributed by atoms with Crippen LogP contribution in [-0.2, 0) is 0 Å². The molecule has 3 rings (SSSR count). The van der Waals surface area contributed by atoms with E-state index in [-0.39, 0.29) is 11.6 Å². The monoisotopic (exact) mass is 266 g/mol. The predicted molar refractivity (Wildman–Crippen MR) is 76.4 cm³/mol. The number of benzene rings is 3. The quantitative estimate of drug-likeness (QED) is 0.707. The van der Waals surface area contributed by atoms with Gasteiger partial charge in [0.1, 0.15) is 17.9 Å². The zero-order chi connectivity index (χ0) is 14.1. The van der Waals surface area contributed by atoms with Crippen molar-refractivity contribution in [1.29, 1.82) is 0 Å². The molecule has 0 spiro atoms. The zero-order valence-corrected chi connectivity index (χ0v) is 10.5. The van der Waals surface area contributed by atoms with E-state index in [1.54, 1.807) is 36.4 Å². The summed E-state index contributed by atoms with van der Waals surface area (Å²) in [6.45, 7) is 0. The summed E-state index contributed by atoms with van der Waals surface area (Å²) in [5.74, 6) is -0.195. The molecule has 0 amide bonds. The number of rotatable bonds is 2. The van der Waals surface area contributed by atoms with Gasteiger partial charge < -0.3 is 5.11 Å². The van der Waals surface area contributed by atoms with Crippen LogP contribution in [0.2, 0.25) is 0 Å². The van der Waals surface area contributed by atoms with Gasteiger partial charge in [-0.2, -0.15) is 0 Å². The van der Waals surface area contributed by atoms with Gasteiger partial charge in [-0.15, -0.1) is 0 Å². The summed E-state index contributed by atoms with van der Waals surface area (Å²) in [7, 11) is 0. The first-order valence-electron chi connectivity index (χ1n) is 6.15. The Morgan fingerprint density at radius 3 is 2.35 bits per heavy atom. The highest BCUT2D eigenvalue weighted by Crippen LogP contribution is 2.28. The molecule has 0 aliphatic rings. The van der Waals surface area contributed by atoms with Crippen molar-refractivity contribution in [2.24, 2.45) is 0 Å². The lowest BCUT2D eigenvalue weighted by Gasteiger charge is -2.06. The molecule has 0 aliphatic carbocycles. The number of phenolic OH excluding ortho intramolecular Hbond substituents is 1. The molecule has 98 valence electrons. The molecule has 0 fully saturated rings. The molecule has 20 heavy (non-hydrogen) atoms. The summed E-state index contributed by atoms with van der Waals surface area (Å²) in [6, 6.07) is 14.8. The summed E-state index contributed by atoms with van der Waals surface area (Å²) in [4.78, 5) is 10.7. The van der Waals surface area contributed by atoms with E-state index in [4.69, 9.17) is 0 Å². The molecular weight excluding hydrogens is 255 g/mol. The van der Waals surface area contributed by atoms with Crippen LogP contribution in [0.5, 0.6) is 5.75 Å². The van der Waals surface area contributed by atoms with Crippen LogP contribution in [0.15, 0.2) is 54.6 Å². The Morgan fingerprint density at radius 2 is 1.65 bits per heavy atom. The number of fused-ring (bicyclic) bond motifs is 1. The van der Waals surface area contributed by atoms with Gasteiger partial charge in [-0.3, -0.25) is 4.79 Å². The molecule has 0 atom stereocenters. The molecule has 3 aromatic carbocycles. The predicted octanol–water partition coefficient (Wildman–Crippen LogP) is 4.16. The fraction of sp³-hybridized carbons (Fsp3) is 0. The van der Waals surface area contributed by atoms with Crippen LogP contribution in [0.4, 0.5) is 4.39 Å². The van der Waals surface area contributed by atoms with Crippen LogP contribution < -0.4 is 0 Å². The van der Waals surface area contributed by atoms with Gasteiger partial charge in [0, 0.05) is 10.9 Å². The summed E-state index contributed by atoms with van der Waals surface area (Å²) in [5, 5.41) is 10.4. The van der Waals surface area contributed by atoms with Crippen LogP contribution in [-0.4, -0.2) is 11.4 Å². The van der Waals surface area contributed by atoms with E-state index in [0.29, 0.717) is 17.2 Å². The number of halogens is 1. The summed E-state index contributed by atoms with van der Waals surface area (Å²) < 4.78 is 14.2. The van der Waals surface area contributed by atoms with Crippen LogP contribution in [0, 0.1) is 5.82 Å². The molecule has 1 N–H and O–H groups in total. The first-order valence-corrected chi connectivity index (χ1v) is 6.15. The Kier molecular flexibility index (Phi) is 2.95. The molecule has 0 aliphatic heterocycles. The highest BCUT2D eigenvalue weighted by atomic mass is 19.1. The Balaban J connectivity index is 2.19. The second-order valence-electron chi connectivity index (χ2n) is 4.60. The van der Waals surface area contributed by atoms with Crippen LogP contribution in [0.1, 0.15) is 10.4 Å². The van der Waals surface area contributed by atoms with Crippen molar-refractivity contribution in [3.8, 4) is 16.9 Å². The maximum atomic E-state index is 14.2. The Hall–Kier alpha value is -2.68. The summed E-state index contributed by atoms with van der Waals surface area (Å²) in [6.07, 6.45) is 0.701. The second-order valence-corrected chi connectivity index (χ2v) is 4.60. The van der Waals surface area contributed by atoms with Gasteiger partial charge in [0.25, 0.3) is 0 Å². The molecule has 3 heteroatoms. The minimum Gasteiger partial charge on any atom is -0.508 e. The second kappa shape index (κ2) is 4.78. The minimum atomic E-state index is -0.366. The van der Waals surface area contributed by atoms with Gasteiger partial charge in [0.05, 0.1) is 0 Å². The maximum Gasteiger partial charge on any atom is 0.150 e. The third-order valence-corrected chi connectivity index (χ3v) is 3.26. The fourth-order valence-corrected chi connectivity index (χ4v) is 2.22. The standard InChI is InChI=1S/C17H11FO2/c18-17-9-14(12-3-5-15(20)6-4-12)8-13-2-1-11(10-19)7-16(13)17/h1-10,20H. The van der Waals surface area contributed by atoms with Gasteiger partial charge in [-0.25, -0.2) is 4.39 Å². The van der Waals surface area contributed by atoms with Crippen molar-refractivity contribution in [2.45, 2.75) is 0 Å². The lowest BCUT2D eigenvalue weighted by Crippen LogP contribution is -1.87. The van der Waals surface area contributed by atoms with E-state index in [0.717, 1.165) is 16.5 Å². The molecule has 0 aromatic heterocycles. The number of hydrogen-bond acceptors (Lipinski definition) is 2. The number of phenols is 1. The normalized spacial score (nSPS) is 10.7. The Labute approximate surface area is 115 Å². The lowest BCUT2D eigenvalue weighted by molar-refractivity contribution is 0.112. The molecular formula is C17H11FO2. The number of carbonyl (C=O) groups is 1. The SMILES string of the molecule is O=Cc1ccc2cc(-c3ccc(O)cc3)cc(F)c2c1. The van der Waals surface area contributed by atoms with Crippen LogP contribution >= 0.6 is 0 Å². The van der Waals surface area contributed by atoms with Crippen molar-refractivity contribution in [1.82, 2.24) is 0 Å². The van der Waals surface area contributed by atoms with E-state index in [1.165, 1.54) is 12.1 Å². The van der Waals surface area contributed by atoms with Crippen molar-refractivity contribution >= 4 is 17.1 Å². The van der Waals surface area contributed by atoms with Gasteiger partial charge in [-0.1, -0.05) is 24.3 Å². The molecule has 0 unspecified atom stereocenters. The molecule has 2 nitrogen and oxygen atoms in total. The van der Waals surface area contributed by atoms with E-state index < -0.39 is 0 Å². The highest BCUT2D eigenvalue weighted by Gasteiger charge is 2.06. The number of aldehydes is 1. The average molecular weight is 266 g/mol.